The van der Waals surface area contributed by atoms with Gasteiger partial charge in [0.1, 0.15) is 10.6 Å². The first-order valence-electron chi connectivity index (χ1n) is 8.85. The highest BCUT2D eigenvalue weighted by molar-refractivity contribution is 7.92. The van der Waals surface area contributed by atoms with Gasteiger partial charge in [0.25, 0.3) is 15.9 Å². The van der Waals surface area contributed by atoms with Crippen molar-refractivity contribution in [2.75, 3.05) is 11.8 Å². The second-order valence-electron chi connectivity index (χ2n) is 6.34. The van der Waals surface area contributed by atoms with Crippen molar-refractivity contribution in [1.82, 2.24) is 10.3 Å². The molecule has 0 saturated carbocycles. The summed E-state index contributed by atoms with van der Waals surface area (Å²) in [4.78, 5) is 16.5. The molecule has 0 aliphatic rings. The lowest BCUT2D eigenvalue weighted by Crippen LogP contribution is -2.24. The number of aromatic nitrogens is 1. The molecule has 0 bridgehead atoms. The van der Waals surface area contributed by atoms with Gasteiger partial charge in [0.2, 0.25) is 0 Å². The summed E-state index contributed by atoms with van der Waals surface area (Å²) in [6.07, 6.45) is 1.64. The van der Waals surface area contributed by atoms with Crippen molar-refractivity contribution in [2.45, 2.75) is 18.4 Å². The molecule has 2 N–H and O–H groups in total. The minimum atomic E-state index is -3.96. The second kappa shape index (κ2) is 8.74. The van der Waals surface area contributed by atoms with Crippen molar-refractivity contribution in [3.8, 4) is 5.75 Å². The molecule has 3 aromatic rings. The van der Waals surface area contributed by atoms with Gasteiger partial charge < -0.3 is 10.1 Å². The molecule has 0 fully saturated rings. The van der Waals surface area contributed by atoms with E-state index in [4.69, 9.17) is 4.74 Å². The normalized spacial score (nSPS) is 11.0. The van der Waals surface area contributed by atoms with E-state index in [1.54, 1.807) is 42.6 Å². The zero-order chi connectivity index (χ0) is 20.9. The molecule has 8 heteroatoms. The van der Waals surface area contributed by atoms with E-state index >= 15 is 0 Å². The van der Waals surface area contributed by atoms with Gasteiger partial charge in [-0.15, -0.1) is 0 Å². The van der Waals surface area contributed by atoms with E-state index in [1.165, 1.54) is 25.3 Å². The van der Waals surface area contributed by atoms with E-state index in [0.29, 0.717) is 11.4 Å². The minimum absolute atomic E-state index is 0.119. The molecular formula is C21H21N3O4S. The van der Waals surface area contributed by atoms with E-state index in [0.717, 1.165) is 5.56 Å². The number of hydrogen-bond donors (Lipinski definition) is 2. The van der Waals surface area contributed by atoms with Crippen molar-refractivity contribution < 1.29 is 17.9 Å². The first kappa shape index (κ1) is 20.3. The summed E-state index contributed by atoms with van der Waals surface area (Å²) in [5.41, 5.74) is 2.33. The molecule has 1 amide bonds. The number of amides is 1. The predicted molar refractivity (Wildman–Crippen MR) is 110 cm³/mol. The number of sulfonamides is 1. The van der Waals surface area contributed by atoms with Crippen LogP contribution in [0, 0.1) is 6.92 Å². The Morgan fingerprint density at radius 3 is 2.48 bits per heavy atom. The lowest BCUT2D eigenvalue weighted by molar-refractivity contribution is 0.0950. The number of benzene rings is 2. The predicted octanol–water partition coefficient (Wildman–Crippen LogP) is 3.13. The van der Waals surface area contributed by atoms with Crippen LogP contribution in [0.2, 0.25) is 0 Å². The highest BCUT2D eigenvalue weighted by Crippen LogP contribution is 2.27. The molecule has 7 nitrogen and oxygen atoms in total. The summed E-state index contributed by atoms with van der Waals surface area (Å²) in [6, 6.07) is 16.6. The molecule has 1 aromatic heterocycles. The maximum absolute atomic E-state index is 12.9. The van der Waals surface area contributed by atoms with E-state index in [9.17, 15) is 13.2 Å². The van der Waals surface area contributed by atoms with Crippen molar-refractivity contribution in [1.29, 1.82) is 0 Å². The highest BCUT2D eigenvalue weighted by Gasteiger charge is 2.22. The van der Waals surface area contributed by atoms with Crippen LogP contribution >= 0.6 is 0 Å². The van der Waals surface area contributed by atoms with Crippen molar-refractivity contribution >= 4 is 21.6 Å². The van der Waals surface area contributed by atoms with Crippen molar-refractivity contribution in [2.24, 2.45) is 0 Å². The van der Waals surface area contributed by atoms with Crippen LogP contribution in [0.5, 0.6) is 5.75 Å². The summed E-state index contributed by atoms with van der Waals surface area (Å²) < 4.78 is 33.5. The third kappa shape index (κ3) is 5.11. The fraction of sp³-hybridized carbons (Fsp3) is 0.143. The van der Waals surface area contributed by atoms with Crippen LogP contribution in [0.15, 0.2) is 71.8 Å². The second-order valence-corrected chi connectivity index (χ2v) is 7.99. The number of carbonyl (C=O) groups excluding carboxylic acids is 1. The molecule has 2 aromatic carbocycles. The highest BCUT2D eigenvalue weighted by atomic mass is 32.2. The number of methoxy groups -OCH3 is 1. The van der Waals surface area contributed by atoms with Crippen LogP contribution in [0.1, 0.15) is 21.6 Å². The van der Waals surface area contributed by atoms with Gasteiger partial charge >= 0.3 is 0 Å². The van der Waals surface area contributed by atoms with E-state index in [1.807, 2.05) is 13.0 Å². The SMILES string of the molecule is COc1ccc(C(=O)NCc2ccccn2)cc1S(=O)(=O)Nc1ccc(C)cc1. The number of ether oxygens (including phenoxy) is 1. The topological polar surface area (TPSA) is 97.4 Å². The Bertz CT molecular complexity index is 1100. The van der Waals surface area contributed by atoms with Crippen molar-refractivity contribution in [3.63, 3.8) is 0 Å². The molecule has 0 spiro atoms. The number of hydrogen-bond acceptors (Lipinski definition) is 5. The van der Waals surface area contributed by atoms with Gasteiger partial charge in [-0.05, 0) is 49.4 Å². The number of aryl methyl sites for hydroxylation is 1. The Kier molecular flexibility index (Phi) is 6.13. The largest absolute Gasteiger partial charge is 0.495 e. The van der Waals surface area contributed by atoms with Crippen molar-refractivity contribution in [3.05, 3.63) is 83.7 Å². The Morgan fingerprint density at radius 2 is 1.83 bits per heavy atom. The smallest absolute Gasteiger partial charge is 0.265 e. The number of nitrogens with zero attached hydrogens (tertiary/aromatic N) is 1. The number of carbonyl (C=O) groups is 1. The average Bonchev–Trinajstić information content (AvgIpc) is 2.73. The Balaban J connectivity index is 1.84. The van der Waals surface area contributed by atoms with E-state index < -0.39 is 15.9 Å². The Labute approximate surface area is 169 Å². The van der Waals surface area contributed by atoms with Gasteiger partial charge in [-0.2, -0.15) is 0 Å². The molecule has 29 heavy (non-hydrogen) atoms. The summed E-state index contributed by atoms with van der Waals surface area (Å²) in [5.74, 6) is -0.268. The first-order valence-corrected chi connectivity index (χ1v) is 10.3. The first-order chi connectivity index (χ1) is 13.9. The fourth-order valence-corrected chi connectivity index (χ4v) is 3.89. The van der Waals surface area contributed by atoms with Gasteiger partial charge in [0.05, 0.1) is 19.3 Å². The number of nitrogens with one attached hydrogen (secondary N) is 2. The van der Waals surface area contributed by atoms with E-state index in [-0.39, 0.29) is 22.8 Å². The van der Waals surface area contributed by atoms with Gasteiger partial charge in [0.15, 0.2) is 0 Å². The zero-order valence-corrected chi connectivity index (χ0v) is 16.9. The summed E-state index contributed by atoms with van der Waals surface area (Å²) in [6.45, 7) is 2.14. The maximum Gasteiger partial charge on any atom is 0.265 e. The van der Waals surface area contributed by atoms with Crippen LogP contribution in [-0.2, 0) is 16.6 Å². The fourth-order valence-electron chi connectivity index (χ4n) is 2.64. The minimum Gasteiger partial charge on any atom is -0.495 e. The molecule has 0 saturated heterocycles. The molecule has 0 aliphatic heterocycles. The number of anilines is 1. The molecule has 0 aliphatic carbocycles. The third-order valence-electron chi connectivity index (χ3n) is 4.18. The molecule has 3 rings (SSSR count). The monoisotopic (exact) mass is 411 g/mol. The Morgan fingerprint density at radius 1 is 1.07 bits per heavy atom. The molecule has 1 heterocycles. The lowest BCUT2D eigenvalue weighted by atomic mass is 10.2. The third-order valence-corrected chi connectivity index (χ3v) is 5.58. The summed E-state index contributed by atoms with van der Waals surface area (Å²) in [5, 5.41) is 2.73. The maximum atomic E-state index is 12.9. The standard InChI is InChI=1S/C21H21N3O4S/c1-15-6-9-17(10-7-15)24-29(26,27)20-13-16(8-11-19(20)28-2)21(25)23-14-18-5-3-4-12-22-18/h3-13,24H,14H2,1-2H3,(H,23,25). The molecule has 0 radical (unpaired) electrons. The lowest BCUT2D eigenvalue weighted by Gasteiger charge is -2.13. The van der Waals surface area contributed by atoms with Crippen LogP contribution in [-0.4, -0.2) is 26.4 Å². The van der Waals surface area contributed by atoms with Gasteiger partial charge in [0, 0.05) is 17.4 Å². The molecule has 0 unspecified atom stereocenters. The van der Waals surface area contributed by atoms with Crippen LogP contribution in [0.4, 0.5) is 5.69 Å². The Hall–Kier alpha value is -3.39. The van der Waals surface area contributed by atoms with Gasteiger partial charge in [-0.25, -0.2) is 8.42 Å². The molecular weight excluding hydrogens is 390 g/mol. The molecule has 0 atom stereocenters. The van der Waals surface area contributed by atoms with Crippen LogP contribution in [0.25, 0.3) is 0 Å². The quantitative estimate of drug-likeness (QED) is 0.623. The summed E-state index contributed by atoms with van der Waals surface area (Å²) in [7, 11) is -2.58. The molecule has 150 valence electrons. The summed E-state index contributed by atoms with van der Waals surface area (Å²) >= 11 is 0. The van der Waals surface area contributed by atoms with E-state index in [2.05, 4.69) is 15.0 Å². The van der Waals surface area contributed by atoms with Crippen LogP contribution in [0.3, 0.4) is 0 Å². The number of rotatable bonds is 7. The average molecular weight is 411 g/mol. The zero-order valence-electron chi connectivity index (χ0n) is 16.0. The van der Waals surface area contributed by atoms with Crippen LogP contribution < -0.4 is 14.8 Å². The number of pyridine rings is 1. The van der Waals surface area contributed by atoms with Gasteiger partial charge in [-0.1, -0.05) is 23.8 Å². The van der Waals surface area contributed by atoms with Gasteiger partial charge in [-0.3, -0.25) is 14.5 Å².